The van der Waals surface area contributed by atoms with Crippen LogP contribution < -0.4 is 0 Å². The van der Waals surface area contributed by atoms with Crippen molar-refractivity contribution in [3.05, 3.63) is 24.3 Å². The maximum atomic E-state index is 11.8. The highest BCUT2D eigenvalue weighted by atomic mass is 16.5. The molecule has 0 aliphatic rings. The van der Waals surface area contributed by atoms with Gasteiger partial charge in [0.2, 0.25) is 0 Å². The second kappa shape index (κ2) is 4.16. The molecule has 17 heavy (non-hydrogen) atoms. The highest BCUT2D eigenvalue weighted by Gasteiger charge is 2.34. The molecule has 0 spiro atoms. The van der Waals surface area contributed by atoms with Crippen LogP contribution in [0.1, 0.15) is 26.6 Å². The van der Waals surface area contributed by atoms with Gasteiger partial charge in [-0.3, -0.25) is 9.78 Å². The molecule has 2 aromatic heterocycles. The predicted octanol–water partition coefficient (Wildman–Crippen LogP) is 1.80. The van der Waals surface area contributed by atoms with Crippen LogP contribution in [0.4, 0.5) is 0 Å². The highest BCUT2D eigenvalue weighted by Crippen LogP contribution is 2.24. The van der Waals surface area contributed by atoms with E-state index in [2.05, 4.69) is 15.0 Å². The van der Waals surface area contributed by atoms with E-state index in [0.717, 1.165) is 11.0 Å². The smallest absolute Gasteiger partial charge is 0.319 e. The van der Waals surface area contributed by atoms with Crippen LogP contribution in [0.5, 0.6) is 0 Å². The number of esters is 1. The summed E-state index contributed by atoms with van der Waals surface area (Å²) in [6.45, 7) is 5.73. The van der Waals surface area contributed by atoms with E-state index < -0.39 is 5.41 Å². The van der Waals surface area contributed by atoms with Gasteiger partial charge in [0.1, 0.15) is 11.2 Å². The van der Waals surface area contributed by atoms with Gasteiger partial charge < -0.3 is 9.72 Å². The first kappa shape index (κ1) is 11.6. The number of ether oxygens (including phenoxy) is 1. The van der Waals surface area contributed by atoms with Crippen LogP contribution in [0.3, 0.4) is 0 Å². The van der Waals surface area contributed by atoms with Gasteiger partial charge >= 0.3 is 5.97 Å². The van der Waals surface area contributed by atoms with E-state index in [1.807, 2.05) is 0 Å². The van der Waals surface area contributed by atoms with Crippen LogP contribution in [-0.2, 0) is 14.9 Å². The predicted molar refractivity (Wildman–Crippen MR) is 63.5 cm³/mol. The lowest BCUT2D eigenvalue weighted by atomic mass is 9.93. The lowest BCUT2D eigenvalue weighted by Crippen LogP contribution is -2.32. The Kier molecular flexibility index (Phi) is 2.83. The Morgan fingerprint density at radius 2 is 2.29 bits per heavy atom. The average Bonchev–Trinajstić information content (AvgIpc) is 2.73. The van der Waals surface area contributed by atoms with Crippen LogP contribution in [-0.4, -0.2) is 27.5 Å². The lowest BCUT2D eigenvalue weighted by molar-refractivity contribution is -0.149. The molecule has 5 heteroatoms. The van der Waals surface area contributed by atoms with Gasteiger partial charge in [-0.15, -0.1) is 0 Å². The maximum Gasteiger partial charge on any atom is 0.319 e. The molecule has 1 N–H and O–H groups in total. The Hall–Kier alpha value is -1.91. The molecular weight excluding hydrogens is 218 g/mol. The van der Waals surface area contributed by atoms with Crippen molar-refractivity contribution < 1.29 is 9.53 Å². The van der Waals surface area contributed by atoms with Crippen LogP contribution in [0.25, 0.3) is 11.0 Å². The maximum absolute atomic E-state index is 11.8. The summed E-state index contributed by atoms with van der Waals surface area (Å²) in [7, 11) is 0. The molecule has 2 heterocycles. The van der Waals surface area contributed by atoms with Crippen molar-refractivity contribution >= 4 is 17.0 Å². The fourth-order valence-corrected chi connectivity index (χ4v) is 1.56. The van der Waals surface area contributed by atoms with E-state index >= 15 is 0 Å². The van der Waals surface area contributed by atoms with Gasteiger partial charge in [-0.2, -0.15) is 0 Å². The first-order valence-electron chi connectivity index (χ1n) is 5.53. The Labute approximate surface area is 99.2 Å². The monoisotopic (exact) mass is 233 g/mol. The third-order valence-corrected chi connectivity index (χ3v) is 2.66. The molecular formula is C12H15N3O2. The number of rotatable bonds is 3. The van der Waals surface area contributed by atoms with Gasteiger partial charge in [0.05, 0.1) is 23.8 Å². The number of pyridine rings is 1. The summed E-state index contributed by atoms with van der Waals surface area (Å²) in [4.78, 5) is 23.3. The number of imidazole rings is 1. The number of aromatic nitrogens is 3. The molecule has 0 atom stereocenters. The Morgan fingerprint density at radius 3 is 2.94 bits per heavy atom. The quantitative estimate of drug-likeness (QED) is 0.821. The Morgan fingerprint density at radius 1 is 1.53 bits per heavy atom. The number of fused-ring (bicyclic) bond motifs is 1. The van der Waals surface area contributed by atoms with Crippen molar-refractivity contribution in [3.63, 3.8) is 0 Å². The number of hydrogen-bond acceptors (Lipinski definition) is 4. The second-order valence-corrected chi connectivity index (χ2v) is 4.32. The lowest BCUT2D eigenvalue weighted by Gasteiger charge is -2.19. The molecule has 0 aliphatic carbocycles. The number of nitrogens with zero attached hydrogens (tertiary/aromatic N) is 2. The molecule has 0 fully saturated rings. The number of carbonyl (C=O) groups excluding carboxylic acids is 1. The average molecular weight is 233 g/mol. The Balaban J connectivity index is 2.41. The van der Waals surface area contributed by atoms with Crippen molar-refractivity contribution in [1.29, 1.82) is 0 Å². The van der Waals surface area contributed by atoms with E-state index in [-0.39, 0.29) is 5.97 Å². The van der Waals surface area contributed by atoms with E-state index in [4.69, 9.17) is 4.74 Å². The second-order valence-electron chi connectivity index (χ2n) is 4.32. The summed E-state index contributed by atoms with van der Waals surface area (Å²) < 4.78 is 5.04. The minimum Gasteiger partial charge on any atom is -0.465 e. The zero-order chi connectivity index (χ0) is 12.5. The van der Waals surface area contributed by atoms with Crippen LogP contribution >= 0.6 is 0 Å². The summed E-state index contributed by atoms with van der Waals surface area (Å²) >= 11 is 0. The molecule has 0 aromatic carbocycles. The van der Waals surface area contributed by atoms with Crippen molar-refractivity contribution in [3.8, 4) is 0 Å². The largest absolute Gasteiger partial charge is 0.465 e. The standard InChI is InChI=1S/C12H15N3O2/c1-4-17-11(16)12(2,3)10-14-8-5-6-13-7-9(8)15-10/h5-7H,4H2,1-3H3,(H,14,15). The summed E-state index contributed by atoms with van der Waals surface area (Å²) in [5.74, 6) is 0.311. The SMILES string of the molecule is CCOC(=O)C(C)(C)c1nc2ccncc2[nH]1. The van der Waals surface area contributed by atoms with E-state index in [1.54, 1.807) is 39.2 Å². The Bertz CT molecular complexity index is 512. The zero-order valence-electron chi connectivity index (χ0n) is 10.2. The molecule has 0 radical (unpaired) electrons. The minimum atomic E-state index is -0.783. The van der Waals surface area contributed by atoms with Crippen molar-refractivity contribution in [1.82, 2.24) is 15.0 Å². The van der Waals surface area contributed by atoms with Crippen molar-refractivity contribution in [2.75, 3.05) is 6.61 Å². The molecule has 0 aliphatic heterocycles. The molecule has 0 bridgehead atoms. The molecule has 5 nitrogen and oxygen atoms in total. The number of H-pyrrole nitrogens is 1. The van der Waals surface area contributed by atoms with E-state index in [9.17, 15) is 4.79 Å². The summed E-state index contributed by atoms with van der Waals surface area (Å²) in [6, 6.07) is 1.80. The van der Waals surface area contributed by atoms with Crippen LogP contribution in [0.2, 0.25) is 0 Å². The number of hydrogen-bond donors (Lipinski definition) is 1. The van der Waals surface area contributed by atoms with Gasteiger partial charge in [0.25, 0.3) is 0 Å². The topological polar surface area (TPSA) is 67.9 Å². The van der Waals surface area contributed by atoms with Crippen LogP contribution in [0, 0.1) is 0 Å². The zero-order valence-corrected chi connectivity index (χ0v) is 10.2. The fourth-order valence-electron chi connectivity index (χ4n) is 1.56. The number of aromatic amines is 1. The summed E-state index contributed by atoms with van der Waals surface area (Å²) in [5, 5.41) is 0. The van der Waals surface area contributed by atoms with Gasteiger partial charge in [-0.05, 0) is 26.8 Å². The molecule has 0 amide bonds. The minimum absolute atomic E-state index is 0.285. The van der Waals surface area contributed by atoms with Crippen molar-refractivity contribution in [2.45, 2.75) is 26.2 Å². The molecule has 0 unspecified atom stereocenters. The van der Waals surface area contributed by atoms with E-state index in [1.165, 1.54) is 0 Å². The number of carbonyl (C=O) groups is 1. The molecule has 2 rings (SSSR count). The van der Waals surface area contributed by atoms with Gasteiger partial charge in [0.15, 0.2) is 0 Å². The van der Waals surface area contributed by atoms with Crippen molar-refractivity contribution in [2.24, 2.45) is 0 Å². The first-order valence-corrected chi connectivity index (χ1v) is 5.53. The normalized spacial score (nSPS) is 11.7. The fraction of sp³-hybridized carbons (Fsp3) is 0.417. The van der Waals surface area contributed by atoms with Gasteiger partial charge in [0, 0.05) is 6.20 Å². The third-order valence-electron chi connectivity index (χ3n) is 2.66. The molecule has 90 valence electrons. The van der Waals surface area contributed by atoms with Gasteiger partial charge in [-0.1, -0.05) is 0 Å². The molecule has 0 saturated carbocycles. The third kappa shape index (κ3) is 2.00. The molecule has 2 aromatic rings. The highest BCUT2D eigenvalue weighted by molar-refractivity contribution is 5.83. The molecule has 0 saturated heterocycles. The number of nitrogens with one attached hydrogen (secondary N) is 1. The van der Waals surface area contributed by atoms with Crippen LogP contribution in [0.15, 0.2) is 18.5 Å². The van der Waals surface area contributed by atoms with Gasteiger partial charge in [-0.25, -0.2) is 4.98 Å². The van der Waals surface area contributed by atoms with E-state index in [0.29, 0.717) is 12.4 Å². The summed E-state index contributed by atoms with van der Waals surface area (Å²) in [5.41, 5.74) is 0.835. The first-order chi connectivity index (χ1) is 8.05. The summed E-state index contributed by atoms with van der Waals surface area (Å²) in [6.07, 6.45) is 3.36.